The van der Waals surface area contributed by atoms with E-state index in [1.807, 2.05) is 48.5 Å². The maximum atomic E-state index is 6.63. The molecule has 5 nitrogen and oxygen atoms in total. The summed E-state index contributed by atoms with van der Waals surface area (Å²) in [6.45, 7) is 0. The lowest BCUT2D eigenvalue weighted by Crippen LogP contribution is -2.09. The standard InChI is InChI=1S/C49H31N3O2/c1-4-14-33(15-5-1)49-50-41-31-45-47(39-21-11-13-23-44(39)53-45)46(48(41)54-49)32-24-26-36(27-25-32)51(34-16-6-2-7-17-34)37-28-29-43-40(30-37)38-20-10-12-22-42(38)52(43)35-18-8-3-9-19-35/h1-31H. The molecule has 0 radical (unpaired) electrons. The minimum absolute atomic E-state index is 0.583. The molecule has 8 aromatic carbocycles. The molecule has 5 heteroatoms. The summed E-state index contributed by atoms with van der Waals surface area (Å²) in [6.07, 6.45) is 0. The fourth-order valence-corrected chi connectivity index (χ4v) is 8.01. The molecule has 0 unspecified atom stereocenters. The maximum absolute atomic E-state index is 6.63. The highest BCUT2D eigenvalue weighted by Crippen LogP contribution is 2.45. The smallest absolute Gasteiger partial charge is 0.227 e. The van der Waals surface area contributed by atoms with E-state index in [4.69, 9.17) is 13.8 Å². The number of hydrogen-bond acceptors (Lipinski definition) is 4. The first-order valence-electron chi connectivity index (χ1n) is 18.1. The van der Waals surface area contributed by atoms with Crippen molar-refractivity contribution in [2.75, 3.05) is 4.90 Å². The van der Waals surface area contributed by atoms with Gasteiger partial charge in [0, 0.05) is 61.5 Å². The van der Waals surface area contributed by atoms with Crippen molar-refractivity contribution in [2.24, 2.45) is 0 Å². The summed E-state index contributed by atoms with van der Waals surface area (Å²) < 4.78 is 15.4. The van der Waals surface area contributed by atoms with Gasteiger partial charge in [-0.05, 0) is 84.4 Å². The number of fused-ring (bicyclic) bond motifs is 7. The molecule has 54 heavy (non-hydrogen) atoms. The Morgan fingerprint density at radius 2 is 1.07 bits per heavy atom. The van der Waals surface area contributed by atoms with E-state index in [1.54, 1.807) is 0 Å². The summed E-state index contributed by atoms with van der Waals surface area (Å²) in [5.41, 5.74) is 12.7. The van der Waals surface area contributed by atoms with Crippen molar-refractivity contribution in [1.29, 1.82) is 0 Å². The number of hydrogen-bond donors (Lipinski definition) is 0. The normalized spacial score (nSPS) is 11.7. The number of benzene rings is 8. The molecule has 0 N–H and O–H groups in total. The van der Waals surface area contributed by atoms with Crippen molar-refractivity contribution >= 4 is 71.9 Å². The zero-order chi connectivity index (χ0) is 35.6. The van der Waals surface area contributed by atoms with Crippen molar-refractivity contribution in [3.05, 3.63) is 188 Å². The van der Waals surface area contributed by atoms with Gasteiger partial charge in [0.15, 0.2) is 5.58 Å². The zero-order valence-electron chi connectivity index (χ0n) is 29.1. The highest BCUT2D eigenvalue weighted by atomic mass is 16.4. The summed E-state index contributed by atoms with van der Waals surface area (Å²) in [5.74, 6) is 0.583. The largest absolute Gasteiger partial charge is 0.456 e. The van der Waals surface area contributed by atoms with E-state index >= 15 is 0 Å². The Hall–Kier alpha value is -7.37. The monoisotopic (exact) mass is 693 g/mol. The van der Waals surface area contributed by atoms with Gasteiger partial charge in [0.25, 0.3) is 0 Å². The van der Waals surface area contributed by atoms with Gasteiger partial charge in [0.2, 0.25) is 5.89 Å². The molecule has 0 spiro atoms. The van der Waals surface area contributed by atoms with Gasteiger partial charge in [0.1, 0.15) is 16.7 Å². The van der Waals surface area contributed by atoms with Crippen LogP contribution in [0.2, 0.25) is 0 Å². The average molecular weight is 694 g/mol. The Kier molecular flexibility index (Phi) is 6.79. The third-order valence-electron chi connectivity index (χ3n) is 10.4. The number of para-hydroxylation sites is 4. The highest BCUT2D eigenvalue weighted by Gasteiger charge is 2.22. The number of oxazole rings is 1. The molecule has 254 valence electrons. The molecule has 3 heterocycles. The fourth-order valence-electron chi connectivity index (χ4n) is 8.01. The van der Waals surface area contributed by atoms with Gasteiger partial charge in [0.05, 0.1) is 11.0 Å². The fraction of sp³-hybridized carbons (Fsp3) is 0. The first-order chi connectivity index (χ1) is 26.8. The second-order valence-electron chi connectivity index (χ2n) is 13.6. The van der Waals surface area contributed by atoms with Crippen LogP contribution in [0.25, 0.3) is 83.1 Å². The van der Waals surface area contributed by atoms with Crippen LogP contribution in [-0.4, -0.2) is 9.55 Å². The molecular weight excluding hydrogens is 663 g/mol. The molecular formula is C49H31N3O2. The zero-order valence-corrected chi connectivity index (χ0v) is 29.1. The molecule has 0 bridgehead atoms. The lowest BCUT2D eigenvalue weighted by Gasteiger charge is -2.26. The summed E-state index contributed by atoms with van der Waals surface area (Å²) >= 11 is 0. The Morgan fingerprint density at radius 1 is 0.444 bits per heavy atom. The lowest BCUT2D eigenvalue weighted by molar-refractivity contribution is 0.621. The number of rotatable bonds is 6. The van der Waals surface area contributed by atoms with E-state index in [2.05, 4.69) is 149 Å². The van der Waals surface area contributed by atoms with Crippen LogP contribution >= 0.6 is 0 Å². The van der Waals surface area contributed by atoms with E-state index in [0.717, 1.165) is 72.5 Å². The quantitative estimate of drug-likeness (QED) is 0.174. The number of nitrogens with zero attached hydrogens (tertiary/aromatic N) is 3. The van der Waals surface area contributed by atoms with Crippen molar-refractivity contribution < 1.29 is 8.83 Å². The summed E-state index contributed by atoms with van der Waals surface area (Å²) in [7, 11) is 0. The second-order valence-corrected chi connectivity index (χ2v) is 13.6. The van der Waals surface area contributed by atoms with Crippen LogP contribution in [0.1, 0.15) is 0 Å². The van der Waals surface area contributed by atoms with Gasteiger partial charge in [-0.1, -0.05) is 103 Å². The van der Waals surface area contributed by atoms with Crippen molar-refractivity contribution in [3.8, 4) is 28.3 Å². The highest BCUT2D eigenvalue weighted by molar-refractivity contribution is 6.19. The first-order valence-corrected chi connectivity index (χ1v) is 18.1. The SMILES string of the molecule is c1ccc(-c2nc3cc4oc5ccccc5c4c(-c4ccc(N(c5ccccc5)c5ccc6c(c5)c5ccccc5n6-c5ccccc5)cc4)c3o2)cc1. The predicted octanol–water partition coefficient (Wildman–Crippen LogP) is 13.6. The van der Waals surface area contributed by atoms with Gasteiger partial charge >= 0.3 is 0 Å². The summed E-state index contributed by atoms with van der Waals surface area (Å²) in [5, 5.41) is 4.47. The topological polar surface area (TPSA) is 47.3 Å². The maximum Gasteiger partial charge on any atom is 0.227 e. The Morgan fingerprint density at radius 3 is 1.87 bits per heavy atom. The minimum Gasteiger partial charge on any atom is -0.456 e. The molecule has 0 aliphatic heterocycles. The summed E-state index contributed by atoms with van der Waals surface area (Å²) in [4.78, 5) is 7.27. The van der Waals surface area contributed by atoms with Gasteiger partial charge < -0.3 is 18.3 Å². The minimum atomic E-state index is 0.583. The van der Waals surface area contributed by atoms with Crippen LogP contribution in [0.3, 0.4) is 0 Å². The molecule has 0 amide bonds. The van der Waals surface area contributed by atoms with Gasteiger partial charge in [-0.2, -0.15) is 0 Å². The Balaban J connectivity index is 1.09. The Labute approximate surface area is 310 Å². The van der Waals surface area contributed by atoms with E-state index in [1.165, 1.54) is 21.8 Å². The molecule has 0 fully saturated rings. The van der Waals surface area contributed by atoms with E-state index in [0.29, 0.717) is 5.89 Å². The lowest BCUT2D eigenvalue weighted by atomic mass is 9.97. The second kappa shape index (κ2) is 12.1. The molecule has 11 rings (SSSR count). The number of anilines is 3. The first kappa shape index (κ1) is 30.3. The van der Waals surface area contributed by atoms with Crippen LogP contribution in [0.5, 0.6) is 0 Å². The molecule has 3 aromatic heterocycles. The molecule has 0 aliphatic rings. The Bertz CT molecular complexity index is 3140. The predicted molar refractivity (Wildman–Crippen MR) is 221 cm³/mol. The van der Waals surface area contributed by atoms with Crippen LogP contribution in [0.4, 0.5) is 17.1 Å². The van der Waals surface area contributed by atoms with Crippen LogP contribution < -0.4 is 4.90 Å². The van der Waals surface area contributed by atoms with E-state index < -0.39 is 0 Å². The van der Waals surface area contributed by atoms with Gasteiger partial charge in [-0.25, -0.2) is 4.98 Å². The van der Waals surface area contributed by atoms with E-state index in [9.17, 15) is 0 Å². The molecule has 0 saturated carbocycles. The number of aromatic nitrogens is 2. The third kappa shape index (κ3) is 4.76. The third-order valence-corrected chi connectivity index (χ3v) is 10.4. The van der Waals surface area contributed by atoms with Crippen LogP contribution in [0, 0.1) is 0 Å². The van der Waals surface area contributed by atoms with Gasteiger partial charge in [-0.3, -0.25) is 0 Å². The molecule has 11 aromatic rings. The molecule has 0 atom stereocenters. The molecule has 0 saturated heterocycles. The van der Waals surface area contributed by atoms with Crippen LogP contribution in [0.15, 0.2) is 197 Å². The summed E-state index contributed by atoms with van der Waals surface area (Å²) in [6, 6.07) is 65.6. The van der Waals surface area contributed by atoms with Crippen molar-refractivity contribution in [3.63, 3.8) is 0 Å². The van der Waals surface area contributed by atoms with Gasteiger partial charge in [-0.15, -0.1) is 0 Å². The number of furan rings is 1. The van der Waals surface area contributed by atoms with E-state index in [-0.39, 0.29) is 0 Å². The van der Waals surface area contributed by atoms with Crippen LogP contribution in [-0.2, 0) is 0 Å². The average Bonchev–Trinajstić information content (AvgIpc) is 3.93. The molecule has 0 aliphatic carbocycles. The van der Waals surface area contributed by atoms with Crippen molar-refractivity contribution in [2.45, 2.75) is 0 Å². The van der Waals surface area contributed by atoms with Crippen molar-refractivity contribution in [1.82, 2.24) is 9.55 Å².